The molecule has 0 saturated carbocycles. The molecule has 2 aliphatic heterocycles. The lowest BCUT2D eigenvalue weighted by Gasteiger charge is -2.32. The van der Waals surface area contributed by atoms with E-state index in [9.17, 15) is 9.59 Å². The average molecular weight is 465 g/mol. The van der Waals surface area contributed by atoms with Gasteiger partial charge in [0.25, 0.3) is 0 Å². The summed E-state index contributed by atoms with van der Waals surface area (Å²) in [7, 11) is 1.45. The van der Waals surface area contributed by atoms with E-state index < -0.39 is 37.4 Å². The molecule has 0 atom stereocenters. The molecule has 8 nitrogen and oxygen atoms in total. The standard InChI is InChI=1S/C24H29B2NO7/c1-23(2)24(3,4)34-26(33-23)19-12-17(16-7-9-20(30-6)10-8-16)11-18(13-19)25-31-21(28)14-27(5)15-22(29)32-25/h7-13H,14-15H2,1-6H3. The van der Waals surface area contributed by atoms with Crippen LogP contribution in [0.2, 0.25) is 0 Å². The largest absolute Gasteiger partial charge is 0.636 e. The zero-order valence-corrected chi connectivity index (χ0v) is 20.4. The van der Waals surface area contributed by atoms with E-state index in [0.29, 0.717) is 5.46 Å². The molecule has 178 valence electrons. The molecule has 2 aromatic carbocycles. The zero-order valence-electron chi connectivity index (χ0n) is 20.4. The summed E-state index contributed by atoms with van der Waals surface area (Å²) >= 11 is 0. The molecule has 2 heterocycles. The van der Waals surface area contributed by atoms with Crippen LogP contribution in [0.4, 0.5) is 0 Å². The molecule has 34 heavy (non-hydrogen) atoms. The minimum atomic E-state index is -1.17. The Hall–Kier alpha value is -2.81. The molecule has 4 rings (SSSR count). The van der Waals surface area contributed by atoms with Crippen LogP contribution in [0.15, 0.2) is 42.5 Å². The number of rotatable bonds is 4. The second-order valence-corrected chi connectivity index (χ2v) is 9.69. The predicted octanol–water partition coefficient (Wildman–Crippen LogP) is 1.39. The Bertz CT molecular complexity index is 1050. The van der Waals surface area contributed by atoms with Crippen LogP contribution in [-0.4, -0.2) is 69.5 Å². The first kappa shape index (κ1) is 24.3. The molecule has 2 saturated heterocycles. The number of hydrogen-bond acceptors (Lipinski definition) is 8. The van der Waals surface area contributed by atoms with Crippen molar-refractivity contribution in [3.05, 3.63) is 42.5 Å². The Labute approximate surface area is 200 Å². The molecule has 0 bridgehead atoms. The number of nitrogens with zero attached hydrogens (tertiary/aromatic N) is 1. The lowest BCUT2D eigenvalue weighted by atomic mass is 9.70. The summed E-state index contributed by atoms with van der Waals surface area (Å²) in [5.41, 5.74) is 1.92. The number of methoxy groups -OCH3 is 1. The zero-order chi connectivity index (χ0) is 24.7. The van der Waals surface area contributed by atoms with Crippen molar-refractivity contribution in [1.82, 2.24) is 4.90 Å². The maximum Gasteiger partial charge on any atom is 0.636 e. The smallest absolute Gasteiger partial charge is 0.497 e. The van der Waals surface area contributed by atoms with Crippen LogP contribution in [0.3, 0.4) is 0 Å². The molecule has 0 N–H and O–H groups in total. The molecular weight excluding hydrogens is 436 g/mol. The van der Waals surface area contributed by atoms with Crippen LogP contribution in [0.5, 0.6) is 5.75 Å². The molecule has 2 fully saturated rings. The van der Waals surface area contributed by atoms with Gasteiger partial charge in [-0.05, 0) is 63.5 Å². The summed E-state index contributed by atoms with van der Waals surface area (Å²) in [6, 6.07) is 13.2. The van der Waals surface area contributed by atoms with Gasteiger partial charge in [0, 0.05) is 5.46 Å². The molecule has 0 radical (unpaired) electrons. The first-order chi connectivity index (χ1) is 16.0. The molecule has 0 amide bonds. The van der Waals surface area contributed by atoms with E-state index in [1.54, 1.807) is 25.1 Å². The highest BCUT2D eigenvalue weighted by atomic mass is 16.7. The molecule has 2 aliphatic rings. The third-order valence-electron chi connectivity index (χ3n) is 6.47. The Kier molecular flexibility index (Phi) is 6.50. The highest BCUT2D eigenvalue weighted by Gasteiger charge is 2.52. The maximum atomic E-state index is 12.4. The SMILES string of the molecule is COc1ccc(-c2cc(B3OC(=O)CN(C)CC(=O)O3)cc(B3OC(C)(C)C(C)(C)O3)c2)cc1. The summed E-state index contributed by atoms with van der Waals surface area (Å²) in [5, 5.41) is 0. The lowest BCUT2D eigenvalue weighted by Crippen LogP contribution is -2.49. The van der Waals surface area contributed by atoms with E-state index in [1.807, 2.05) is 64.1 Å². The maximum absolute atomic E-state index is 12.4. The van der Waals surface area contributed by atoms with Crippen molar-refractivity contribution < 1.29 is 32.9 Å². The topological polar surface area (TPSA) is 83.5 Å². The summed E-state index contributed by atoms with van der Waals surface area (Å²) in [6.45, 7) is 7.92. The van der Waals surface area contributed by atoms with E-state index in [4.69, 9.17) is 23.4 Å². The number of carbonyl (C=O) groups is 2. The van der Waals surface area contributed by atoms with Crippen molar-refractivity contribution in [2.75, 3.05) is 27.2 Å². The van der Waals surface area contributed by atoms with Crippen molar-refractivity contribution in [2.45, 2.75) is 38.9 Å². The van der Waals surface area contributed by atoms with Crippen molar-refractivity contribution in [2.24, 2.45) is 0 Å². The molecule has 0 aromatic heterocycles. The minimum Gasteiger partial charge on any atom is -0.497 e. The predicted molar refractivity (Wildman–Crippen MR) is 129 cm³/mol. The molecule has 0 spiro atoms. The third kappa shape index (κ3) is 4.99. The van der Waals surface area contributed by atoms with Gasteiger partial charge >= 0.3 is 26.2 Å². The van der Waals surface area contributed by atoms with Gasteiger partial charge in [-0.15, -0.1) is 0 Å². The van der Waals surface area contributed by atoms with Crippen LogP contribution < -0.4 is 15.7 Å². The highest BCUT2D eigenvalue weighted by Crippen LogP contribution is 2.36. The van der Waals surface area contributed by atoms with E-state index in [0.717, 1.165) is 22.3 Å². The lowest BCUT2D eigenvalue weighted by molar-refractivity contribution is -0.145. The van der Waals surface area contributed by atoms with Crippen molar-refractivity contribution >= 4 is 37.1 Å². The molecule has 10 heteroatoms. The van der Waals surface area contributed by atoms with Crippen molar-refractivity contribution in [3.8, 4) is 16.9 Å². The highest BCUT2D eigenvalue weighted by molar-refractivity contribution is 6.67. The van der Waals surface area contributed by atoms with Gasteiger partial charge in [-0.3, -0.25) is 14.5 Å². The normalized spacial score (nSPS) is 20.4. The third-order valence-corrected chi connectivity index (χ3v) is 6.47. The summed E-state index contributed by atoms with van der Waals surface area (Å²) in [5.74, 6) is -0.225. The minimum absolute atomic E-state index is 0.00610. The fraction of sp³-hybridized carbons (Fsp3) is 0.417. The summed E-state index contributed by atoms with van der Waals surface area (Å²) in [4.78, 5) is 26.3. The molecule has 0 aliphatic carbocycles. The van der Waals surface area contributed by atoms with Crippen LogP contribution >= 0.6 is 0 Å². The number of ether oxygens (including phenoxy) is 1. The molecule has 0 unspecified atom stereocenters. The summed E-state index contributed by atoms with van der Waals surface area (Å²) < 4.78 is 28.8. The summed E-state index contributed by atoms with van der Waals surface area (Å²) in [6.07, 6.45) is 0. The fourth-order valence-corrected chi connectivity index (χ4v) is 3.85. The van der Waals surface area contributed by atoms with Gasteiger partial charge in [-0.2, -0.15) is 0 Å². The second kappa shape index (κ2) is 9.09. The fourth-order valence-electron chi connectivity index (χ4n) is 3.85. The number of hydrogen-bond donors (Lipinski definition) is 0. The van der Waals surface area contributed by atoms with Gasteiger partial charge in [0.05, 0.1) is 31.4 Å². The van der Waals surface area contributed by atoms with Gasteiger partial charge in [-0.1, -0.05) is 30.3 Å². The van der Waals surface area contributed by atoms with Crippen molar-refractivity contribution in [1.29, 1.82) is 0 Å². The van der Waals surface area contributed by atoms with Gasteiger partial charge < -0.3 is 23.4 Å². The van der Waals surface area contributed by atoms with Crippen molar-refractivity contribution in [3.63, 3.8) is 0 Å². The second-order valence-electron chi connectivity index (χ2n) is 9.69. The van der Waals surface area contributed by atoms with Crippen LogP contribution in [0.1, 0.15) is 27.7 Å². The number of benzene rings is 2. The first-order valence-corrected chi connectivity index (χ1v) is 11.2. The molecular formula is C24H29B2NO7. The molecule has 2 aromatic rings. The van der Waals surface area contributed by atoms with E-state index in [2.05, 4.69) is 0 Å². The number of carbonyl (C=O) groups excluding carboxylic acids is 2. The van der Waals surface area contributed by atoms with Crippen LogP contribution in [0.25, 0.3) is 11.1 Å². The number of likely N-dealkylation sites (N-methyl/N-ethyl adjacent to an activating group) is 1. The van der Waals surface area contributed by atoms with Crippen LogP contribution in [-0.2, 0) is 28.2 Å². The first-order valence-electron chi connectivity index (χ1n) is 11.2. The van der Waals surface area contributed by atoms with E-state index in [-0.39, 0.29) is 13.1 Å². The quantitative estimate of drug-likeness (QED) is 0.627. The van der Waals surface area contributed by atoms with Gasteiger partial charge in [0.1, 0.15) is 5.75 Å². The van der Waals surface area contributed by atoms with Crippen LogP contribution in [0, 0.1) is 0 Å². The van der Waals surface area contributed by atoms with E-state index in [1.165, 1.54) is 0 Å². The van der Waals surface area contributed by atoms with Gasteiger partial charge in [-0.25, -0.2) is 0 Å². The Balaban J connectivity index is 1.77. The Morgan fingerprint density at radius 2 is 1.29 bits per heavy atom. The van der Waals surface area contributed by atoms with Gasteiger partial charge in [0.2, 0.25) is 0 Å². The Morgan fingerprint density at radius 1 is 0.794 bits per heavy atom. The average Bonchev–Trinajstić information content (AvgIpc) is 2.98. The Morgan fingerprint density at radius 3 is 1.79 bits per heavy atom. The monoisotopic (exact) mass is 465 g/mol. The van der Waals surface area contributed by atoms with E-state index >= 15 is 0 Å². The van der Waals surface area contributed by atoms with Gasteiger partial charge in [0.15, 0.2) is 0 Å².